The van der Waals surface area contributed by atoms with E-state index in [-0.39, 0.29) is 10.6 Å². The first kappa shape index (κ1) is 10.4. The fraction of sp³-hybridized carbons (Fsp3) is 0.167. The third-order valence-electron chi connectivity index (χ3n) is 2.51. The second kappa shape index (κ2) is 4.18. The molecule has 0 amide bonds. The minimum Gasteiger partial charge on any atom is -0.317 e. The molecular weight excluding hydrogens is 204 g/mol. The normalized spacial score (nSPS) is 11.9. The summed E-state index contributed by atoms with van der Waals surface area (Å²) < 4.78 is 1.93. The molecule has 0 N–H and O–H groups in total. The van der Waals surface area contributed by atoms with Crippen molar-refractivity contribution in [2.45, 2.75) is 13.3 Å². The Morgan fingerprint density at radius 1 is 1.44 bits per heavy atom. The molecule has 0 aliphatic heterocycles. The predicted octanol–water partition coefficient (Wildman–Crippen LogP) is 2.97. The maximum atomic E-state index is 10.7. The molecular formula is C12H12N2O2. The van der Waals surface area contributed by atoms with Crippen LogP contribution in [0.1, 0.15) is 19.0 Å². The molecule has 0 radical (unpaired) electrons. The van der Waals surface area contributed by atoms with Crippen LogP contribution in [0.4, 0.5) is 0 Å². The summed E-state index contributed by atoms with van der Waals surface area (Å²) in [5.74, 6) is 0. The van der Waals surface area contributed by atoms with Crippen molar-refractivity contribution in [3.8, 4) is 0 Å². The second-order valence-corrected chi connectivity index (χ2v) is 3.50. The fourth-order valence-electron chi connectivity index (χ4n) is 1.65. The van der Waals surface area contributed by atoms with Crippen LogP contribution >= 0.6 is 0 Å². The number of nitro groups is 1. The first-order valence-electron chi connectivity index (χ1n) is 5.13. The highest BCUT2D eigenvalue weighted by Crippen LogP contribution is 2.14. The van der Waals surface area contributed by atoms with E-state index in [9.17, 15) is 10.1 Å². The molecule has 0 bridgehead atoms. The zero-order valence-electron chi connectivity index (χ0n) is 8.96. The molecule has 0 aromatic carbocycles. The van der Waals surface area contributed by atoms with Gasteiger partial charge in [0.15, 0.2) is 0 Å². The Morgan fingerprint density at radius 2 is 2.25 bits per heavy atom. The van der Waals surface area contributed by atoms with Crippen molar-refractivity contribution < 1.29 is 4.92 Å². The van der Waals surface area contributed by atoms with Gasteiger partial charge in [-0.1, -0.05) is 13.0 Å². The molecule has 0 saturated carbocycles. The monoisotopic (exact) mass is 216 g/mol. The molecule has 82 valence electrons. The molecule has 2 aromatic rings. The van der Waals surface area contributed by atoms with Gasteiger partial charge in [0.05, 0.1) is 10.6 Å². The minimum absolute atomic E-state index is 0.226. The van der Waals surface area contributed by atoms with Gasteiger partial charge in [-0.2, -0.15) is 0 Å². The van der Waals surface area contributed by atoms with E-state index in [1.807, 2.05) is 40.9 Å². The van der Waals surface area contributed by atoms with Gasteiger partial charge in [-0.25, -0.2) is 0 Å². The maximum absolute atomic E-state index is 10.7. The number of aromatic nitrogens is 1. The maximum Gasteiger partial charge on any atom is 0.248 e. The van der Waals surface area contributed by atoms with Gasteiger partial charge in [0.2, 0.25) is 5.70 Å². The molecule has 2 aromatic heterocycles. The molecule has 2 heterocycles. The van der Waals surface area contributed by atoms with Crippen molar-refractivity contribution in [2.75, 3.05) is 0 Å². The number of allylic oxidation sites excluding steroid dienone is 1. The lowest BCUT2D eigenvalue weighted by atomic mass is 10.3. The molecule has 0 aliphatic carbocycles. The molecule has 0 atom stereocenters. The predicted molar refractivity (Wildman–Crippen MR) is 62.7 cm³/mol. The lowest BCUT2D eigenvalue weighted by molar-refractivity contribution is -0.425. The van der Waals surface area contributed by atoms with Crippen molar-refractivity contribution in [2.24, 2.45) is 0 Å². The summed E-state index contributed by atoms with van der Waals surface area (Å²) in [7, 11) is 0. The third-order valence-corrected chi connectivity index (χ3v) is 2.51. The molecule has 0 spiro atoms. The van der Waals surface area contributed by atoms with E-state index in [0.29, 0.717) is 6.42 Å². The van der Waals surface area contributed by atoms with E-state index in [0.717, 1.165) is 11.2 Å². The third kappa shape index (κ3) is 1.82. The Labute approximate surface area is 93.0 Å². The number of hydrogen-bond donors (Lipinski definition) is 0. The van der Waals surface area contributed by atoms with Crippen LogP contribution in [-0.4, -0.2) is 9.32 Å². The van der Waals surface area contributed by atoms with E-state index in [1.54, 1.807) is 13.0 Å². The second-order valence-electron chi connectivity index (χ2n) is 3.50. The number of pyridine rings is 1. The highest BCUT2D eigenvalue weighted by molar-refractivity contribution is 5.58. The Morgan fingerprint density at radius 3 is 2.94 bits per heavy atom. The standard InChI is InChI=1S/C12H12N2O2/c1-2-10(14(15)16)9-12-7-6-11-5-3-4-8-13(11)12/h3-9H,2H2,1H3/b10-9+. The molecule has 0 saturated heterocycles. The molecule has 0 unspecified atom stereocenters. The summed E-state index contributed by atoms with van der Waals surface area (Å²) in [5.41, 5.74) is 2.10. The highest BCUT2D eigenvalue weighted by Gasteiger charge is 2.08. The van der Waals surface area contributed by atoms with E-state index < -0.39 is 0 Å². The van der Waals surface area contributed by atoms with Crippen LogP contribution in [0, 0.1) is 10.1 Å². The largest absolute Gasteiger partial charge is 0.317 e. The summed E-state index contributed by atoms with van der Waals surface area (Å²) in [4.78, 5) is 10.4. The topological polar surface area (TPSA) is 47.5 Å². The van der Waals surface area contributed by atoms with Gasteiger partial charge >= 0.3 is 0 Å². The number of fused-ring (bicyclic) bond motifs is 1. The van der Waals surface area contributed by atoms with Gasteiger partial charge in [0.25, 0.3) is 0 Å². The average Bonchev–Trinajstić information content (AvgIpc) is 2.69. The van der Waals surface area contributed by atoms with Crippen molar-refractivity contribution in [1.29, 1.82) is 0 Å². The van der Waals surface area contributed by atoms with Crippen LogP contribution in [0.3, 0.4) is 0 Å². The molecule has 0 fully saturated rings. The summed E-state index contributed by atoms with van der Waals surface area (Å²) in [6.07, 6.45) is 3.94. The van der Waals surface area contributed by atoms with Crippen LogP contribution < -0.4 is 0 Å². The Hall–Kier alpha value is -2.10. The molecule has 4 nitrogen and oxygen atoms in total. The first-order valence-corrected chi connectivity index (χ1v) is 5.13. The zero-order chi connectivity index (χ0) is 11.5. The SMILES string of the molecule is CC/C(=C\c1ccc2ccccn12)[N+](=O)[O-]. The first-order chi connectivity index (χ1) is 7.72. The summed E-state index contributed by atoms with van der Waals surface area (Å²) >= 11 is 0. The van der Waals surface area contributed by atoms with E-state index >= 15 is 0 Å². The van der Waals surface area contributed by atoms with Crippen LogP contribution in [0.2, 0.25) is 0 Å². The highest BCUT2D eigenvalue weighted by atomic mass is 16.6. The van der Waals surface area contributed by atoms with E-state index in [2.05, 4.69) is 0 Å². The molecule has 4 heteroatoms. The fourth-order valence-corrected chi connectivity index (χ4v) is 1.65. The van der Waals surface area contributed by atoms with Crippen molar-refractivity contribution in [3.05, 3.63) is 58.0 Å². The smallest absolute Gasteiger partial charge is 0.248 e. The molecule has 16 heavy (non-hydrogen) atoms. The average molecular weight is 216 g/mol. The van der Waals surface area contributed by atoms with Gasteiger partial charge in [0.1, 0.15) is 0 Å². The number of hydrogen-bond acceptors (Lipinski definition) is 2. The van der Waals surface area contributed by atoms with E-state index in [1.165, 1.54) is 0 Å². The Balaban J connectivity index is 2.52. The quantitative estimate of drug-likeness (QED) is 0.585. The van der Waals surface area contributed by atoms with Crippen molar-refractivity contribution in [3.63, 3.8) is 0 Å². The van der Waals surface area contributed by atoms with Crippen molar-refractivity contribution in [1.82, 2.24) is 4.40 Å². The van der Waals surface area contributed by atoms with Gasteiger partial charge in [-0.05, 0) is 24.3 Å². The van der Waals surface area contributed by atoms with Gasteiger partial charge in [0, 0.05) is 24.2 Å². The summed E-state index contributed by atoms with van der Waals surface area (Å²) in [5, 5.41) is 10.7. The lowest BCUT2D eigenvalue weighted by Crippen LogP contribution is -1.97. The number of rotatable bonds is 3. The van der Waals surface area contributed by atoms with Crippen LogP contribution in [0.5, 0.6) is 0 Å². The minimum atomic E-state index is -0.331. The van der Waals surface area contributed by atoms with Crippen LogP contribution in [0.25, 0.3) is 11.6 Å². The summed E-state index contributed by atoms with van der Waals surface area (Å²) in [6.45, 7) is 1.78. The Kier molecular flexibility index (Phi) is 2.72. The zero-order valence-corrected chi connectivity index (χ0v) is 8.96. The number of nitrogens with zero attached hydrogens (tertiary/aromatic N) is 2. The van der Waals surface area contributed by atoms with Crippen LogP contribution in [-0.2, 0) is 0 Å². The van der Waals surface area contributed by atoms with Crippen molar-refractivity contribution >= 4 is 11.6 Å². The summed E-state index contributed by atoms with van der Waals surface area (Å²) in [6, 6.07) is 9.64. The lowest BCUT2D eigenvalue weighted by Gasteiger charge is -1.98. The van der Waals surface area contributed by atoms with Crippen LogP contribution in [0.15, 0.2) is 42.2 Å². The molecule has 0 aliphatic rings. The van der Waals surface area contributed by atoms with E-state index in [4.69, 9.17) is 0 Å². The Bertz CT molecular complexity index is 555. The molecule has 2 rings (SSSR count). The van der Waals surface area contributed by atoms with Gasteiger partial charge < -0.3 is 4.40 Å². The van der Waals surface area contributed by atoms with Gasteiger partial charge in [-0.3, -0.25) is 10.1 Å². The van der Waals surface area contributed by atoms with Gasteiger partial charge in [-0.15, -0.1) is 0 Å².